The van der Waals surface area contributed by atoms with Crippen molar-refractivity contribution in [1.82, 2.24) is 52.3 Å². The Labute approximate surface area is 494 Å². The molecule has 84 heavy (non-hydrogen) atoms. The van der Waals surface area contributed by atoms with E-state index in [0.29, 0.717) is 11.1 Å². The second-order valence-corrected chi connectivity index (χ2v) is 24.3. The van der Waals surface area contributed by atoms with E-state index in [-0.39, 0.29) is 102 Å². The minimum absolute atomic E-state index is 0.00405. The van der Waals surface area contributed by atoms with E-state index in [0.717, 1.165) is 0 Å². The maximum absolute atomic E-state index is 15.0. The number of rotatable bonds is 16. The molecule has 2 aromatic rings. The summed E-state index contributed by atoms with van der Waals surface area (Å²) in [5.74, 6) is -8.52. The lowest BCUT2D eigenvalue weighted by molar-refractivity contribution is -0.143. The molecule has 3 heterocycles. The van der Waals surface area contributed by atoms with Crippen LogP contribution in [0.4, 0.5) is 0 Å². The molecule has 3 aliphatic rings. The highest BCUT2D eigenvalue weighted by molar-refractivity contribution is 6.00. The van der Waals surface area contributed by atoms with Crippen LogP contribution in [0.15, 0.2) is 60.7 Å². The van der Waals surface area contributed by atoms with Crippen LogP contribution in [0.1, 0.15) is 118 Å². The molecule has 0 spiro atoms. The number of hydrogen-bond donors (Lipinski definition) is 12. The van der Waals surface area contributed by atoms with Crippen LogP contribution >= 0.6 is 0 Å². The minimum atomic E-state index is -1.29. The van der Waals surface area contributed by atoms with Crippen molar-refractivity contribution in [2.24, 2.45) is 46.6 Å². The number of fused-ring (bicyclic) bond motifs is 2. The summed E-state index contributed by atoms with van der Waals surface area (Å²) in [7, 11) is 0. The fourth-order valence-electron chi connectivity index (χ4n) is 11.0. The fourth-order valence-corrected chi connectivity index (χ4v) is 11.0. The Hall–Kier alpha value is -7.02. The summed E-state index contributed by atoms with van der Waals surface area (Å²) in [6.07, 6.45) is 0.800. The first kappa shape index (κ1) is 67.8. The van der Waals surface area contributed by atoms with Gasteiger partial charge in [0.1, 0.15) is 60.4 Å². The SMILES string of the molecule is CC(C)C[C@@H]1NC(=O)[C@H](CCCN)NC(=O)[C@H](C(C)C)NC(=O)[C@@H]2C[C@@H](N)CN2C(=O)[C@@H](Cc2ccccc2)NC(=O)[C@H](CC(C)C)NC(=O)[C@H](CCCN)NC(=O)[C@H](C(C)C)NC(=O)[C@@H]2C[C@@H](N)CN2C(=O)[C@@H](Cc2ccccc2)NC1=O. The number of carbonyl (C=O) groups excluding carboxylic acids is 10. The molecule has 3 saturated heterocycles. The number of amides is 10. The molecule has 16 N–H and O–H groups in total. The Morgan fingerprint density at radius 2 is 0.726 bits per heavy atom. The molecule has 24 nitrogen and oxygen atoms in total. The predicted molar refractivity (Wildman–Crippen MR) is 317 cm³/mol. The molecular formula is C60H94N14O10. The van der Waals surface area contributed by atoms with Crippen molar-refractivity contribution in [3.63, 3.8) is 0 Å². The lowest BCUT2D eigenvalue weighted by Crippen LogP contribution is -2.62. The summed E-state index contributed by atoms with van der Waals surface area (Å²) >= 11 is 0. The molecular weight excluding hydrogens is 1080 g/mol. The molecule has 3 fully saturated rings. The van der Waals surface area contributed by atoms with Crippen molar-refractivity contribution in [3.05, 3.63) is 71.8 Å². The molecule has 0 aromatic heterocycles. The van der Waals surface area contributed by atoms with Crippen molar-refractivity contribution < 1.29 is 47.9 Å². The fraction of sp³-hybridized carbons (Fsp3) is 0.633. The first-order chi connectivity index (χ1) is 39.8. The second-order valence-electron chi connectivity index (χ2n) is 24.3. The van der Waals surface area contributed by atoms with Gasteiger partial charge in [-0.25, -0.2) is 0 Å². The monoisotopic (exact) mass is 1170 g/mol. The molecule has 0 saturated carbocycles. The van der Waals surface area contributed by atoms with Gasteiger partial charge in [0, 0.05) is 38.0 Å². The molecule has 12 atom stereocenters. The van der Waals surface area contributed by atoms with Gasteiger partial charge in [-0.2, -0.15) is 0 Å². The molecule has 0 bridgehead atoms. The van der Waals surface area contributed by atoms with Crippen LogP contribution in [0.2, 0.25) is 0 Å². The third-order valence-electron chi connectivity index (χ3n) is 15.5. The zero-order valence-corrected chi connectivity index (χ0v) is 50.2. The van der Waals surface area contributed by atoms with Gasteiger partial charge in [-0.1, -0.05) is 116 Å². The van der Waals surface area contributed by atoms with Gasteiger partial charge < -0.3 is 75.3 Å². The van der Waals surface area contributed by atoms with Crippen LogP contribution in [0.3, 0.4) is 0 Å². The van der Waals surface area contributed by atoms with E-state index < -0.39 is 143 Å². The normalized spacial score (nSPS) is 28.0. The average Bonchev–Trinajstić information content (AvgIpc) is 3.02. The molecule has 5 rings (SSSR count). The van der Waals surface area contributed by atoms with Gasteiger partial charge in [-0.05, 0) is 99.3 Å². The van der Waals surface area contributed by atoms with Crippen LogP contribution in [0.5, 0.6) is 0 Å². The standard InChI is InChI=1S/C60H94N14O10/c1-33(2)25-43-53(77)69-45(27-37-17-11-9-12-18-37)59(83)73-31-39(63)29-47(73)55(79)72-50(36(7)8)58(82)66-42(22-16-24-62)52(76)68-44(26-34(3)4)54(78)70-46(28-38-19-13-10-14-20-38)60(84)74-32-40(64)30-48(74)56(80)71-49(35(5)6)57(81)65-41(21-15-23-61)51(75)67-43/h9-14,17-20,33-36,39-50H,15-16,21-32,61-64H2,1-8H3,(H,65,81)(H,66,82)(H,67,75)(H,68,76)(H,69,77)(H,70,78)(H,71,80)(H,72,79)/t39-,40-,41+,42+,43+,44+,45-,46-,47+,48+,49+,50+/m1/s1. The predicted octanol–water partition coefficient (Wildman–Crippen LogP) is -0.898. The summed E-state index contributed by atoms with van der Waals surface area (Å²) in [5.41, 5.74) is 26.2. The van der Waals surface area contributed by atoms with Crippen molar-refractivity contribution in [2.45, 2.75) is 192 Å². The Balaban J connectivity index is 1.61. The number of benzene rings is 2. The summed E-state index contributed by atoms with van der Waals surface area (Å²) in [6.45, 7) is 14.3. The van der Waals surface area contributed by atoms with Gasteiger partial charge in [0.25, 0.3) is 0 Å². The van der Waals surface area contributed by atoms with Gasteiger partial charge in [0.2, 0.25) is 59.1 Å². The third kappa shape index (κ3) is 19.5. The van der Waals surface area contributed by atoms with Crippen molar-refractivity contribution in [2.75, 3.05) is 26.2 Å². The van der Waals surface area contributed by atoms with Crippen molar-refractivity contribution in [3.8, 4) is 0 Å². The van der Waals surface area contributed by atoms with Gasteiger partial charge >= 0.3 is 0 Å². The summed E-state index contributed by atoms with van der Waals surface area (Å²) in [5, 5.41) is 22.6. The Morgan fingerprint density at radius 3 is 1.04 bits per heavy atom. The van der Waals surface area contributed by atoms with Crippen LogP contribution < -0.4 is 65.5 Å². The van der Waals surface area contributed by atoms with E-state index in [1.165, 1.54) is 9.80 Å². The van der Waals surface area contributed by atoms with Gasteiger partial charge in [-0.15, -0.1) is 0 Å². The van der Waals surface area contributed by atoms with Crippen LogP contribution in [0.25, 0.3) is 0 Å². The van der Waals surface area contributed by atoms with Crippen molar-refractivity contribution >= 4 is 59.1 Å². The average molecular weight is 1170 g/mol. The van der Waals surface area contributed by atoms with E-state index in [1.54, 1.807) is 88.4 Å². The number of hydrogen-bond acceptors (Lipinski definition) is 14. The Morgan fingerprint density at radius 1 is 0.417 bits per heavy atom. The Kier molecular flexibility index (Phi) is 26.1. The highest BCUT2D eigenvalue weighted by Crippen LogP contribution is 2.23. The number of carbonyl (C=O) groups is 10. The smallest absolute Gasteiger partial charge is 0.246 e. The zero-order valence-electron chi connectivity index (χ0n) is 50.2. The summed E-state index contributed by atoms with van der Waals surface area (Å²) < 4.78 is 0. The molecule has 0 aliphatic carbocycles. The van der Waals surface area contributed by atoms with Gasteiger partial charge in [-0.3, -0.25) is 47.9 Å². The molecule has 10 amide bonds. The number of nitrogens with one attached hydrogen (secondary N) is 8. The molecule has 464 valence electrons. The summed E-state index contributed by atoms with van der Waals surface area (Å²) in [6, 6.07) is 3.94. The first-order valence-electron chi connectivity index (χ1n) is 29.8. The summed E-state index contributed by atoms with van der Waals surface area (Å²) in [4.78, 5) is 149. The van der Waals surface area contributed by atoms with Crippen molar-refractivity contribution in [1.29, 1.82) is 0 Å². The maximum Gasteiger partial charge on any atom is 0.246 e. The largest absolute Gasteiger partial charge is 0.343 e. The van der Waals surface area contributed by atoms with Crippen LogP contribution in [0, 0.1) is 23.7 Å². The Bertz CT molecular complexity index is 2400. The second kappa shape index (κ2) is 32.3. The van der Waals surface area contributed by atoms with E-state index in [9.17, 15) is 38.4 Å². The lowest BCUT2D eigenvalue weighted by Gasteiger charge is -2.33. The molecule has 0 unspecified atom stereocenters. The minimum Gasteiger partial charge on any atom is -0.343 e. The highest BCUT2D eigenvalue weighted by atomic mass is 16.2. The van der Waals surface area contributed by atoms with Crippen LogP contribution in [-0.4, -0.2) is 168 Å². The first-order valence-corrected chi connectivity index (χ1v) is 29.8. The highest BCUT2D eigenvalue weighted by Gasteiger charge is 2.45. The van der Waals surface area contributed by atoms with Gasteiger partial charge in [0.15, 0.2) is 0 Å². The van der Waals surface area contributed by atoms with E-state index >= 15 is 9.59 Å². The quantitative estimate of drug-likeness (QED) is 0.0970. The third-order valence-corrected chi connectivity index (χ3v) is 15.5. The van der Waals surface area contributed by atoms with E-state index in [1.807, 2.05) is 27.7 Å². The van der Waals surface area contributed by atoms with E-state index in [4.69, 9.17) is 22.9 Å². The van der Waals surface area contributed by atoms with Crippen LogP contribution in [-0.2, 0) is 60.8 Å². The van der Waals surface area contributed by atoms with E-state index in [2.05, 4.69) is 42.5 Å². The number of nitrogens with two attached hydrogens (primary N) is 4. The topological polar surface area (TPSA) is 377 Å². The molecule has 0 radical (unpaired) electrons. The lowest BCUT2D eigenvalue weighted by atomic mass is 9.98. The van der Waals surface area contributed by atoms with Gasteiger partial charge in [0.05, 0.1) is 0 Å². The number of nitrogens with zero attached hydrogens (tertiary/aromatic N) is 2. The zero-order chi connectivity index (χ0) is 61.9. The maximum atomic E-state index is 15.0. The molecule has 3 aliphatic heterocycles. The molecule has 24 heteroatoms. The molecule has 2 aromatic carbocycles.